The molecule has 1 N–H and O–H groups in total. The van der Waals surface area contributed by atoms with E-state index in [9.17, 15) is 4.79 Å². The van der Waals surface area contributed by atoms with E-state index in [1.807, 2.05) is 45.9 Å². The Bertz CT molecular complexity index is 536. The van der Waals surface area contributed by atoms with Gasteiger partial charge in [0, 0.05) is 23.0 Å². The number of halogens is 1. The summed E-state index contributed by atoms with van der Waals surface area (Å²) in [7, 11) is 0. The molecule has 0 atom stereocenters. The Morgan fingerprint density at radius 2 is 2.10 bits per heavy atom. The maximum absolute atomic E-state index is 11.4. The Balaban J connectivity index is 2.36. The van der Waals surface area contributed by atoms with Crippen molar-refractivity contribution in [3.05, 3.63) is 33.8 Å². The lowest BCUT2D eigenvalue weighted by atomic mass is 10.1. The first-order chi connectivity index (χ1) is 9.28. The lowest BCUT2D eigenvalue weighted by molar-refractivity contribution is 0.0529. The molecule has 4 heteroatoms. The Labute approximate surface area is 129 Å². The first-order valence-corrected chi connectivity index (χ1v) is 7.29. The minimum absolute atomic E-state index is 0.404. The number of benzene rings is 1. The molecule has 0 bridgehead atoms. The molecule has 0 saturated heterocycles. The van der Waals surface area contributed by atoms with Crippen LogP contribution in [-0.2, 0) is 4.74 Å². The first-order valence-electron chi connectivity index (χ1n) is 6.50. The van der Waals surface area contributed by atoms with E-state index in [0.717, 1.165) is 15.6 Å². The van der Waals surface area contributed by atoms with E-state index in [1.165, 1.54) is 0 Å². The van der Waals surface area contributed by atoms with Gasteiger partial charge in [-0.25, -0.2) is 4.79 Å². The second-order valence-corrected chi connectivity index (χ2v) is 6.30. The zero-order valence-corrected chi connectivity index (χ0v) is 13.9. The molecule has 20 heavy (non-hydrogen) atoms. The zero-order valence-electron chi connectivity index (χ0n) is 12.3. The molecule has 0 aromatic heterocycles. The number of carbonyl (C=O) groups is 1. The summed E-state index contributed by atoms with van der Waals surface area (Å²) in [6.07, 6.45) is 0.188. The highest BCUT2D eigenvalue weighted by Crippen LogP contribution is 2.16. The Morgan fingerprint density at radius 3 is 2.70 bits per heavy atom. The average Bonchev–Trinajstić information content (AvgIpc) is 2.31. The number of alkyl carbamates (subject to hydrolysis) is 1. The number of rotatable bonds is 2. The highest BCUT2D eigenvalue weighted by atomic mass is 79.9. The summed E-state index contributed by atoms with van der Waals surface area (Å²) in [5, 5.41) is 2.67. The van der Waals surface area contributed by atoms with Crippen molar-refractivity contribution in [2.75, 3.05) is 6.54 Å². The van der Waals surface area contributed by atoms with Gasteiger partial charge in [0.05, 0.1) is 0 Å². The van der Waals surface area contributed by atoms with Crippen molar-refractivity contribution in [1.82, 2.24) is 5.32 Å². The van der Waals surface area contributed by atoms with E-state index in [1.54, 1.807) is 0 Å². The van der Waals surface area contributed by atoms with Crippen LogP contribution in [0, 0.1) is 18.8 Å². The van der Waals surface area contributed by atoms with Gasteiger partial charge in [-0.05, 0) is 51.5 Å². The van der Waals surface area contributed by atoms with Gasteiger partial charge < -0.3 is 10.1 Å². The highest BCUT2D eigenvalue weighted by molar-refractivity contribution is 9.10. The Kier molecular flexibility index (Phi) is 6.09. The molecular formula is C16H20BrNO2. The molecule has 1 amide bonds. The average molecular weight is 338 g/mol. The van der Waals surface area contributed by atoms with Gasteiger partial charge in [0.25, 0.3) is 0 Å². The molecular weight excluding hydrogens is 318 g/mol. The molecule has 0 aliphatic rings. The molecule has 0 radical (unpaired) electrons. The van der Waals surface area contributed by atoms with Crippen LogP contribution in [0.25, 0.3) is 0 Å². The molecule has 1 aromatic rings. The summed E-state index contributed by atoms with van der Waals surface area (Å²) in [6, 6.07) is 5.97. The van der Waals surface area contributed by atoms with E-state index in [4.69, 9.17) is 4.74 Å². The molecule has 0 aliphatic heterocycles. The largest absolute Gasteiger partial charge is 0.444 e. The number of ether oxygens (including phenoxy) is 1. The molecule has 3 nitrogen and oxygen atoms in total. The second-order valence-electron chi connectivity index (χ2n) is 5.44. The molecule has 1 rings (SSSR count). The van der Waals surface area contributed by atoms with Crippen molar-refractivity contribution in [2.24, 2.45) is 0 Å². The Hall–Kier alpha value is -1.47. The van der Waals surface area contributed by atoms with E-state index in [-0.39, 0.29) is 0 Å². The van der Waals surface area contributed by atoms with Crippen molar-refractivity contribution in [3.63, 3.8) is 0 Å². The summed E-state index contributed by atoms with van der Waals surface area (Å²) < 4.78 is 6.21. The molecule has 0 heterocycles. The van der Waals surface area contributed by atoms with Gasteiger partial charge in [0.15, 0.2) is 0 Å². The smallest absolute Gasteiger partial charge is 0.407 e. The zero-order chi connectivity index (χ0) is 15.2. The maximum atomic E-state index is 11.4. The Morgan fingerprint density at radius 1 is 1.40 bits per heavy atom. The van der Waals surface area contributed by atoms with Gasteiger partial charge in [-0.2, -0.15) is 0 Å². The quantitative estimate of drug-likeness (QED) is 0.653. The highest BCUT2D eigenvalue weighted by Gasteiger charge is 2.15. The molecule has 108 valence electrons. The third-order valence-corrected chi connectivity index (χ3v) is 3.20. The number of aryl methyl sites for hydroxylation is 1. The predicted molar refractivity (Wildman–Crippen MR) is 84.6 cm³/mol. The standard InChI is InChI=1S/C16H20BrNO2/c1-12-11-13(8-9-14(12)17)7-5-6-10-18-15(19)20-16(2,3)4/h8-9,11H,6,10H2,1-4H3,(H,18,19). The van der Waals surface area contributed by atoms with Crippen LogP contribution in [0.1, 0.15) is 38.3 Å². The third kappa shape index (κ3) is 6.63. The minimum Gasteiger partial charge on any atom is -0.444 e. The summed E-state index contributed by atoms with van der Waals surface area (Å²) in [5.41, 5.74) is 1.66. The SMILES string of the molecule is Cc1cc(C#CCCNC(=O)OC(C)(C)C)ccc1Br. The second kappa shape index (κ2) is 7.35. The van der Waals surface area contributed by atoms with Crippen LogP contribution < -0.4 is 5.32 Å². The minimum atomic E-state index is -0.468. The number of nitrogens with one attached hydrogen (secondary N) is 1. The number of hydrogen-bond acceptors (Lipinski definition) is 2. The summed E-state index contributed by atoms with van der Waals surface area (Å²) >= 11 is 3.45. The number of hydrogen-bond donors (Lipinski definition) is 1. The van der Waals surface area contributed by atoms with E-state index >= 15 is 0 Å². The number of carbonyl (C=O) groups excluding carboxylic acids is 1. The van der Waals surface area contributed by atoms with Crippen LogP contribution in [-0.4, -0.2) is 18.2 Å². The van der Waals surface area contributed by atoms with Crippen molar-refractivity contribution in [3.8, 4) is 11.8 Å². The summed E-state index contributed by atoms with van der Waals surface area (Å²) in [4.78, 5) is 11.4. The number of amides is 1. The van der Waals surface area contributed by atoms with Gasteiger partial charge in [-0.15, -0.1) is 0 Å². The van der Waals surface area contributed by atoms with Crippen LogP contribution >= 0.6 is 15.9 Å². The van der Waals surface area contributed by atoms with Crippen LogP contribution in [0.2, 0.25) is 0 Å². The van der Waals surface area contributed by atoms with Crippen molar-refractivity contribution >= 4 is 22.0 Å². The van der Waals surface area contributed by atoms with Crippen molar-refractivity contribution < 1.29 is 9.53 Å². The summed E-state index contributed by atoms with van der Waals surface area (Å²) in [6.45, 7) is 8.02. The third-order valence-electron chi connectivity index (χ3n) is 2.31. The fourth-order valence-corrected chi connectivity index (χ4v) is 1.67. The van der Waals surface area contributed by atoms with E-state index < -0.39 is 11.7 Å². The van der Waals surface area contributed by atoms with Gasteiger partial charge in [0.1, 0.15) is 5.60 Å². The predicted octanol–water partition coefficient (Wildman–Crippen LogP) is 4.02. The van der Waals surface area contributed by atoms with Crippen LogP contribution in [0.3, 0.4) is 0 Å². The molecule has 0 saturated carbocycles. The van der Waals surface area contributed by atoms with Crippen molar-refractivity contribution in [2.45, 2.75) is 39.7 Å². The molecule has 1 aromatic carbocycles. The van der Waals surface area contributed by atoms with Crippen LogP contribution in [0.4, 0.5) is 4.79 Å². The first kappa shape index (κ1) is 16.6. The monoisotopic (exact) mass is 337 g/mol. The fourth-order valence-electron chi connectivity index (χ4n) is 1.43. The topological polar surface area (TPSA) is 38.3 Å². The molecule has 0 spiro atoms. The molecule has 0 aliphatic carbocycles. The van der Waals surface area contributed by atoms with Crippen molar-refractivity contribution in [1.29, 1.82) is 0 Å². The van der Waals surface area contributed by atoms with Crippen LogP contribution in [0.5, 0.6) is 0 Å². The van der Waals surface area contributed by atoms with Gasteiger partial charge in [-0.1, -0.05) is 27.8 Å². The normalized spacial score (nSPS) is 10.4. The summed E-state index contributed by atoms with van der Waals surface area (Å²) in [5.74, 6) is 6.10. The lowest BCUT2D eigenvalue weighted by Gasteiger charge is -2.19. The molecule has 0 unspecified atom stereocenters. The molecule has 0 fully saturated rings. The van der Waals surface area contributed by atoms with Gasteiger partial charge in [-0.3, -0.25) is 0 Å². The van der Waals surface area contributed by atoms with Crippen LogP contribution in [0.15, 0.2) is 22.7 Å². The van der Waals surface area contributed by atoms with E-state index in [0.29, 0.717) is 13.0 Å². The van der Waals surface area contributed by atoms with E-state index in [2.05, 4.69) is 33.1 Å². The maximum Gasteiger partial charge on any atom is 0.407 e. The van der Waals surface area contributed by atoms with Gasteiger partial charge >= 0.3 is 6.09 Å². The van der Waals surface area contributed by atoms with Gasteiger partial charge in [0.2, 0.25) is 0 Å². The fraction of sp³-hybridized carbons (Fsp3) is 0.438. The lowest BCUT2D eigenvalue weighted by Crippen LogP contribution is -2.32.